The van der Waals surface area contributed by atoms with Gasteiger partial charge in [0.2, 0.25) is 0 Å². The molecule has 0 unspecified atom stereocenters. The van der Waals surface area contributed by atoms with Crippen LogP contribution >= 0.6 is 15.9 Å². The van der Waals surface area contributed by atoms with E-state index in [0.717, 1.165) is 23.1 Å². The van der Waals surface area contributed by atoms with E-state index in [0.29, 0.717) is 19.2 Å². The molecule has 0 aliphatic heterocycles. The van der Waals surface area contributed by atoms with Gasteiger partial charge >= 0.3 is 6.03 Å². The Kier molecular flexibility index (Phi) is 6.86. The van der Waals surface area contributed by atoms with Crippen molar-refractivity contribution in [1.29, 1.82) is 0 Å². The predicted molar refractivity (Wildman–Crippen MR) is 87.7 cm³/mol. The number of urea groups is 1. The van der Waals surface area contributed by atoms with Gasteiger partial charge in [0.1, 0.15) is 12.4 Å². The monoisotopic (exact) mass is 354 g/mol. The van der Waals surface area contributed by atoms with Gasteiger partial charge in [-0.15, -0.1) is 0 Å². The Morgan fingerprint density at radius 1 is 1.14 bits per heavy atom. The lowest BCUT2D eigenvalue weighted by Crippen LogP contribution is -2.43. The third-order valence-electron chi connectivity index (χ3n) is 3.66. The zero-order valence-corrected chi connectivity index (χ0v) is 13.8. The van der Waals surface area contributed by atoms with Crippen LogP contribution in [0.4, 0.5) is 4.79 Å². The summed E-state index contributed by atoms with van der Waals surface area (Å²) in [6.45, 7) is 0.980. The summed E-state index contributed by atoms with van der Waals surface area (Å²) in [6.07, 6.45) is 7.22. The maximum absolute atomic E-state index is 11.8. The fourth-order valence-electron chi connectivity index (χ4n) is 2.52. The number of rotatable bonds is 5. The number of benzene rings is 1. The summed E-state index contributed by atoms with van der Waals surface area (Å²) in [5.74, 6) is 0.809. The van der Waals surface area contributed by atoms with E-state index in [1.807, 2.05) is 24.3 Å². The van der Waals surface area contributed by atoms with Crippen LogP contribution in [-0.2, 0) is 0 Å². The standard InChI is InChI=1S/C16H23BrN2O2/c17-13-7-9-15(10-8-13)21-12-11-18-16(20)19-14-5-3-1-2-4-6-14/h7-10,14H,1-6,11-12H2,(H2,18,19,20). The van der Waals surface area contributed by atoms with Gasteiger partial charge in [0.25, 0.3) is 0 Å². The third-order valence-corrected chi connectivity index (χ3v) is 4.19. The summed E-state index contributed by atoms with van der Waals surface area (Å²) in [5, 5.41) is 5.90. The smallest absolute Gasteiger partial charge is 0.315 e. The van der Waals surface area contributed by atoms with Crippen LogP contribution in [0.2, 0.25) is 0 Å². The molecule has 116 valence electrons. The molecular formula is C16H23BrN2O2. The van der Waals surface area contributed by atoms with Crippen molar-refractivity contribution in [1.82, 2.24) is 10.6 Å². The summed E-state index contributed by atoms with van der Waals surface area (Å²) in [4.78, 5) is 11.8. The Labute approximate surface area is 134 Å². The van der Waals surface area contributed by atoms with Crippen molar-refractivity contribution in [3.8, 4) is 5.75 Å². The van der Waals surface area contributed by atoms with E-state index in [-0.39, 0.29) is 6.03 Å². The van der Waals surface area contributed by atoms with E-state index in [1.165, 1.54) is 25.7 Å². The summed E-state index contributed by atoms with van der Waals surface area (Å²) >= 11 is 3.38. The first-order valence-electron chi connectivity index (χ1n) is 7.67. The van der Waals surface area contributed by atoms with Gasteiger partial charge in [-0.25, -0.2) is 4.79 Å². The number of nitrogens with one attached hydrogen (secondary N) is 2. The highest BCUT2D eigenvalue weighted by molar-refractivity contribution is 9.10. The zero-order valence-electron chi connectivity index (χ0n) is 12.2. The normalized spacial score (nSPS) is 16.0. The highest BCUT2D eigenvalue weighted by Gasteiger charge is 2.14. The maximum atomic E-state index is 11.8. The molecule has 0 heterocycles. The number of hydrogen-bond acceptors (Lipinski definition) is 2. The second kappa shape index (κ2) is 8.93. The van der Waals surface area contributed by atoms with Gasteiger partial charge in [-0.3, -0.25) is 0 Å². The van der Waals surface area contributed by atoms with Crippen LogP contribution in [0.5, 0.6) is 5.75 Å². The van der Waals surface area contributed by atoms with Crippen molar-refractivity contribution >= 4 is 22.0 Å². The molecule has 0 spiro atoms. The van der Waals surface area contributed by atoms with Gasteiger partial charge in [0.05, 0.1) is 6.54 Å². The first-order chi connectivity index (χ1) is 10.2. The maximum Gasteiger partial charge on any atom is 0.315 e. The summed E-state index contributed by atoms with van der Waals surface area (Å²) in [7, 11) is 0. The number of ether oxygens (including phenoxy) is 1. The van der Waals surface area contributed by atoms with Crippen molar-refractivity contribution < 1.29 is 9.53 Å². The lowest BCUT2D eigenvalue weighted by Gasteiger charge is -2.16. The molecule has 1 aromatic carbocycles. The van der Waals surface area contributed by atoms with Crippen LogP contribution in [0.15, 0.2) is 28.7 Å². The van der Waals surface area contributed by atoms with E-state index in [9.17, 15) is 4.79 Å². The van der Waals surface area contributed by atoms with Crippen molar-refractivity contribution in [2.24, 2.45) is 0 Å². The molecule has 1 aromatic rings. The average Bonchev–Trinajstić information content (AvgIpc) is 2.74. The van der Waals surface area contributed by atoms with E-state index in [1.54, 1.807) is 0 Å². The van der Waals surface area contributed by atoms with Crippen molar-refractivity contribution in [3.05, 3.63) is 28.7 Å². The van der Waals surface area contributed by atoms with Gasteiger partial charge < -0.3 is 15.4 Å². The van der Waals surface area contributed by atoms with Gasteiger partial charge in [0, 0.05) is 10.5 Å². The Balaban J connectivity index is 1.59. The highest BCUT2D eigenvalue weighted by atomic mass is 79.9. The van der Waals surface area contributed by atoms with Crippen LogP contribution in [0.25, 0.3) is 0 Å². The number of carbonyl (C=O) groups is 1. The molecule has 0 saturated heterocycles. The lowest BCUT2D eigenvalue weighted by molar-refractivity contribution is 0.231. The topological polar surface area (TPSA) is 50.4 Å². The van der Waals surface area contributed by atoms with E-state index in [2.05, 4.69) is 26.6 Å². The van der Waals surface area contributed by atoms with Gasteiger partial charge in [-0.2, -0.15) is 0 Å². The Hall–Kier alpha value is -1.23. The average molecular weight is 355 g/mol. The van der Waals surface area contributed by atoms with Gasteiger partial charge in [-0.1, -0.05) is 41.6 Å². The van der Waals surface area contributed by atoms with Crippen LogP contribution in [0.1, 0.15) is 38.5 Å². The molecule has 0 bridgehead atoms. The molecule has 0 aromatic heterocycles. The Bertz CT molecular complexity index is 428. The summed E-state index contributed by atoms with van der Waals surface area (Å²) < 4.78 is 6.58. The second-order valence-electron chi connectivity index (χ2n) is 5.39. The predicted octanol–water partition coefficient (Wildman–Crippen LogP) is 3.85. The zero-order chi connectivity index (χ0) is 14.9. The number of hydrogen-bond donors (Lipinski definition) is 2. The highest BCUT2D eigenvalue weighted by Crippen LogP contribution is 2.17. The first-order valence-corrected chi connectivity index (χ1v) is 8.46. The molecule has 1 aliphatic rings. The molecule has 1 aliphatic carbocycles. The molecule has 1 fully saturated rings. The van der Waals surface area contributed by atoms with Crippen LogP contribution in [0, 0.1) is 0 Å². The third kappa shape index (κ3) is 6.38. The summed E-state index contributed by atoms with van der Waals surface area (Å²) in [6, 6.07) is 7.91. The molecule has 21 heavy (non-hydrogen) atoms. The second-order valence-corrected chi connectivity index (χ2v) is 6.31. The Morgan fingerprint density at radius 3 is 2.48 bits per heavy atom. The van der Waals surface area contributed by atoms with Gasteiger partial charge in [-0.05, 0) is 37.1 Å². The minimum Gasteiger partial charge on any atom is -0.492 e. The first kappa shape index (κ1) is 16.1. The largest absolute Gasteiger partial charge is 0.492 e. The fraction of sp³-hybridized carbons (Fsp3) is 0.562. The molecule has 5 heteroatoms. The quantitative estimate of drug-likeness (QED) is 0.623. The van der Waals surface area contributed by atoms with E-state index >= 15 is 0 Å². The van der Waals surface area contributed by atoms with Crippen LogP contribution in [0.3, 0.4) is 0 Å². The molecular weight excluding hydrogens is 332 g/mol. The molecule has 2 N–H and O–H groups in total. The van der Waals surface area contributed by atoms with Crippen molar-refractivity contribution in [3.63, 3.8) is 0 Å². The van der Waals surface area contributed by atoms with Crippen LogP contribution in [-0.4, -0.2) is 25.2 Å². The molecule has 2 rings (SSSR count). The lowest BCUT2D eigenvalue weighted by atomic mass is 10.1. The van der Waals surface area contributed by atoms with E-state index < -0.39 is 0 Å². The minimum atomic E-state index is -0.0821. The minimum absolute atomic E-state index is 0.0821. The SMILES string of the molecule is O=C(NCCOc1ccc(Br)cc1)NC1CCCCCC1. The number of amides is 2. The fourth-order valence-corrected chi connectivity index (χ4v) is 2.79. The molecule has 2 amide bonds. The summed E-state index contributed by atoms with van der Waals surface area (Å²) in [5.41, 5.74) is 0. The van der Waals surface area contributed by atoms with Gasteiger partial charge in [0.15, 0.2) is 0 Å². The molecule has 0 atom stereocenters. The number of halogens is 1. The van der Waals surface area contributed by atoms with Crippen molar-refractivity contribution in [2.45, 2.75) is 44.6 Å². The Morgan fingerprint density at radius 2 is 1.81 bits per heavy atom. The van der Waals surface area contributed by atoms with Crippen LogP contribution < -0.4 is 15.4 Å². The molecule has 1 saturated carbocycles. The molecule has 0 radical (unpaired) electrons. The van der Waals surface area contributed by atoms with Crippen molar-refractivity contribution in [2.75, 3.05) is 13.2 Å². The number of carbonyl (C=O) groups excluding carboxylic acids is 1. The van der Waals surface area contributed by atoms with E-state index in [4.69, 9.17) is 4.74 Å². The molecule has 4 nitrogen and oxygen atoms in total.